The Labute approximate surface area is 202 Å². The van der Waals surface area contributed by atoms with Gasteiger partial charge in [-0.25, -0.2) is 4.79 Å². The van der Waals surface area contributed by atoms with Gasteiger partial charge in [-0.3, -0.25) is 4.99 Å². The molecule has 0 spiro atoms. The molecule has 3 aromatic rings. The number of fused-ring (bicyclic) bond motifs is 1. The number of benzene rings is 3. The van der Waals surface area contributed by atoms with Gasteiger partial charge in [0, 0.05) is 5.56 Å². The standard InChI is InChI=1S/C27H21ClN3O3/c1-33-27(32)21-12-10-20(11-13-21)25-24-17-29-14-15-31(24,28)26(30-25)22-8-5-9-23(16-22)34-18-19-6-3-2-4-7-19/h2-17H,18H2,1H3/q+1. The Balaban J connectivity index is 1.48. The van der Waals surface area contributed by atoms with E-state index in [4.69, 9.17) is 26.2 Å². The quantitative estimate of drug-likeness (QED) is 0.342. The Morgan fingerprint density at radius 2 is 1.76 bits per heavy atom. The molecule has 168 valence electrons. The molecule has 0 saturated carbocycles. The fourth-order valence-corrected chi connectivity index (χ4v) is 4.17. The Morgan fingerprint density at radius 3 is 2.53 bits per heavy atom. The van der Waals surface area contributed by atoms with Crippen molar-refractivity contribution in [3.63, 3.8) is 0 Å². The number of carbonyl (C=O) groups excluding carboxylic acids is 1. The second-order valence-corrected chi connectivity index (χ2v) is 8.29. The third kappa shape index (κ3) is 4.05. The Bertz CT molecular complexity index is 1360. The SMILES string of the molecule is COC(=O)c1ccc(C2=C3C=NC=C[N+]3(Cl)C(c3cccc(OCc4ccccc4)c3)=N2)cc1. The fourth-order valence-electron chi connectivity index (χ4n) is 3.86. The average molecular weight is 471 g/mol. The maximum Gasteiger partial charge on any atom is 0.337 e. The summed E-state index contributed by atoms with van der Waals surface area (Å²) in [5, 5.41) is 0. The van der Waals surface area contributed by atoms with Crippen molar-refractivity contribution in [2.75, 3.05) is 7.11 Å². The highest BCUT2D eigenvalue weighted by molar-refractivity contribution is 6.22. The molecule has 0 aromatic heterocycles. The van der Waals surface area contributed by atoms with E-state index >= 15 is 0 Å². The monoisotopic (exact) mass is 470 g/mol. The summed E-state index contributed by atoms with van der Waals surface area (Å²) >= 11 is 7.10. The third-order valence-corrected chi connectivity index (χ3v) is 6.05. The van der Waals surface area contributed by atoms with Crippen LogP contribution in [0.2, 0.25) is 0 Å². The first-order valence-electron chi connectivity index (χ1n) is 10.7. The largest absolute Gasteiger partial charge is 0.489 e. The smallest absolute Gasteiger partial charge is 0.337 e. The number of quaternary nitrogens is 1. The molecule has 1 unspecified atom stereocenters. The first-order chi connectivity index (χ1) is 16.6. The fraction of sp³-hybridized carbons (Fsp3) is 0.0741. The lowest BCUT2D eigenvalue weighted by Crippen LogP contribution is -2.37. The number of esters is 1. The molecule has 2 aliphatic heterocycles. The van der Waals surface area contributed by atoms with E-state index in [2.05, 4.69) is 4.99 Å². The number of aliphatic imine (C=N–C) groups is 2. The molecular formula is C27H21ClN3O3+. The van der Waals surface area contributed by atoms with E-state index < -0.39 is 5.97 Å². The number of ether oxygens (including phenoxy) is 2. The molecule has 2 heterocycles. The summed E-state index contributed by atoms with van der Waals surface area (Å²) < 4.78 is 10.7. The second kappa shape index (κ2) is 9.09. The van der Waals surface area contributed by atoms with Crippen LogP contribution >= 0.6 is 11.8 Å². The van der Waals surface area contributed by atoms with Crippen molar-refractivity contribution >= 4 is 35.5 Å². The van der Waals surface area contributed by atoms with Gasteiger partial charge in [0.2, 0.25) is 5.70 Å². The van der Waals surface area contributed by atoms with Crippen LogP contribution in [-0.2, 0) is 11.3 Å². The Morgan fingerprint density at radius 1 is 0.971 bits per heavy atom. The molecular weight excluding hydrogens is 450 g/mol. The first kappa shape index (κ1) is 21.8. The normalized spacial score (nSPS) is 18.5. The van der Waals surface area contributed by atoms with Crippen LogP contribution in [0.1, 0.15) is 27.0 Å². The number of carbonyl (C=O) groups is 1. The highest BCUT2D eigenvalue weighted by atomic mass is 35.5. The van der Waals surface area contributed by atoms with Crippen molar-refractivity contribution in [1.82, 2.24) is 0 Å². The maximum absolute atomic E-state index is 11.8. The van der Waals surface area contributed by atoms with Gasteiger partial charge in [0.25, 0.3) is 5.84 Å². The Hall–Kier alpha value is -4.00. The van der Waals surface area contributed by atoms with E-state index in [1.807, 2.05) is 66.7 Å². The number of halogens is 1. The zero-order chi connectivity index (χ0) is 23.5. The van der Waals surface area contributed by atoms with Gasteiger partial charge in [0.05, 0.1) is 30.7 Å². The van der Waals surface area contributed by atoms with E-state index in [9.17, 15) is 4.79 Å². The van der Waals surface area contributed by atoms with E-state index in [0.717, 1.165) is 28.1 Å². The molecule has 5 rings (SSSR count). The lowest BCUT2D eigenvalue weighted by Gasteiger charge is -2.23. The van der Waals surface area contributed by atoms with E-state index in [0.29, 0.717) is 23.7 Å². The first-order valence-corrected chi connectivity index (χ1v) is 11.0. The highest BCUT2D eigenvalue weighted by Gasteiger charge is 2.46. The van der Waals surface area contributed by atoms with E-state index in [1.54, 1.807) is 30.7 Å². The summed E-state index contributed by atoms with van der Waals surface area (Å²) in [7, 11) is 1.36. The number of rotatable bonds is 6. The molecule has 0 N–H and O–H groups in total. The highest BCUT2D eigenvalue weighted by Crippen LogP contribution is 2.41. The molecule has 0 fully saturated rings. The van der Waals surface area contributed by atoms with Crippen LogP contribution in [0.5, 0.6) is 5.75 Å². The molecule has 0 bridgehead atoms. The van der Waals surface area contributed by atoms with Crippen LogP contribution in [0.4, 0.5) is 0 Å². The topological polar surface area (TPSA) is 60.2 Å². The van der Waals surface area contributed by atoms with Crippen LogP contribution in [0.15, 0.2) is 107 Å². The molecule has 7 heteroatoms. The summed E-state index contributed by atoms with van der Waals surface area (Å²) in [4.78, 5) is 21.0. The van der Waals surface area contributed by atoms with Gasteiger partial charge in [-0.1, -0.05) is 48.5 Å². The number of methoxy groups -OCH3 is 1. The summed E-state index contributed by atoms with van der Waals surface area (Å²) in [5.74, 6) is 0.965. The van der Waals surface area contributed by atoms with Crippen LogP contribution in [0.25, 0.3) is 5.70 Å². The van der Waals surface area contributed by atoms with E-state index in [-0.39, 0.29) is 4.00 Å². The molecule has 1 atom stereocenters. The third-order valence-electron chi connectivity index (χ3n) is 5.59. The zero-order valence-corrected chi connectivity index (χ0v) is 19.1. The zero-order valence-electron chi connectivity index (χ0n) is 18.4. The number of allylic oxidation sites excluding steroid dienone is 1. The number of hydrogen-bond donors (Lipinski definition) is 0. The number of hydrogen-bond acceptors (Lipinski definition) is 5. The molecule has 0 amide bonds. The summed E-state index contributed by atoms with van der Waals surface area (Å²) in [6, 6.07) is 24.8. The average Bonchev–Trinajstić information content (AvgIpc) is 3.21. The van der Waals surface area contributed by atoms with Gasteiger partial charge >= 0.3 is 5.97 Å². The molecule has 0 saturated heterocycles. The summed E-state index contributed by atoms with van der Waals surface area (Å²) in [6.07, 6.45) is 5.15. The van der Waals surface area contributed by atoms with Gasteiger partial charge in [-0.05, 0) is 35.9 Å². The summed E-state index contributed by atoms with van der Waals surface area (Å²) in [6.45, 7) is 0.464. The molecule has 2 aliphatic rings. The second-order valence-electron chi connectivity index (χ2n) is 7.75. The lowest BCUT2D eigenvalue weighted by atomic mass is 10.1. The van der Waals surface area contributed by atoms with Crippen molar-refractivity contribution in [1.29, 1.82) is 0 Å². The molecule has 0 aliphatic carbocycles. The molecule has 6 nitrogen and oxygen atoms in total. The van der Waals surface area contributed by atoms with Gasteiger partial charge in [0.1, 0.15) is 24.3 Å². The van der Waals surface area contributed by atoms with Crippen molar-refractivity contribution < 1.29 is 18.3 Å². The van der Waals surface area contributed by atoms with Crippen LogP contribution < -0.4 is 4.74 Å². The number of nitrogens with zero attached hydrogens (tertiary/aromatic N) is 3. The van der Waals surface area contributed by atoms with Crippen molar-refractivity contribution in [3.8, 4) is 5.75 Å². The van der Waals surface area contributed by atoms with Crippen LogP contribution in [0, 0.1) is 0 Å². The molecule has 3 aromatic carbocycles. The van der Waals surface area contributed by atoms with Gasteiger partial charge in [-0.2, -0.15) is 4.99 Å². The van der Waals surface area contributed by atoms with Gasteiger partial charge in [-0.15, -0.1) is 4.00 Å². The predicted octanol–water partition coefficient (Wildman–Crippen LogP) is 5.71. The molecule has 34 heavy (non-hydrogen) atoms. The van der Waals surface area contributed by atoms with Crippen LogP contribution in [-0.4, -0.2) is 29.1 Å². The minimum Gasteiger partial charge on any atom is -0.489 e. The van der Waals surface area contributed by atoms with Crippen LogP contribution in [0.3, 0.4) is 0 Å². The minimum absolute atomic E-state index is 0.139. The maximum atomic E-state index is 11.8. The van der Waals surface area contributed by atoms with Gasteiger partial charge in [0.15, 0.2) is 11.8 Å². The van der Waals surface area contributed by atoms with Gasteiger partial charge < -0.3 is 9.47 Å². The predicted molar refractivity (Wildman–Crippen MR) is 132 cm³/mol. The number of amidine groups is 1. The summed E-state index contributed by atoms with van der Waals surface area (Å²) in [5.41, 5.74) is 4.61. The lowest BCUT2D eigenvalue weighted by molar-refractivity contribution is -0.599. The van der Waals surface area contributed by atoms with Crippen molar-refractivity contribution in [3.05, 3.63) is 119 Å². The van der Waals surface area contributed by atoms with Crippen molar-refractivity contribution in [2.45, 2.75) is 6.61 Å². The van der Waals surface area contributed by atoms with Crippen molar-refractivity contribution in [2.24, 2.45) is 9.98 Å². The molecule has 0 radical (unpaired) electrons. The minimum atomic E-state index is -0.392. The Kier molecular flexibility index (Phi) is 5.84. The van der Waals surface area contributed by atoms with E-state index in [1.165, 1.54) is 7.11 Å².